The molecular formula is C17H21N3O2S. The van der Waals surface area contributed by atoms with Gasteiger partial charge in [-0.3, -0.25) is 9.59 Å². The summed E-state index contributed by atoms with van der Waals surface area (Å²) >= 11 is 1.93. The average molecular weight is 331 g/mol. The fourth-order valence-corrected chi connectivity index (χ4v) is 4.10. The van der Waals surface area contributed by atoms with Gasteiger partial charge in [0.15, 0.2) is 0 Å². The molecule has 0 spiro atoms. The molecule has 1 fully saturated rings. The van der Waals surface area contributed by atoms with E-state index in [1.165, 1.54) is 35.6 Å². The maximum atomic E-state index is 12.2. The summed E-state index contributed by atoms with van der Waals surface area (Å²) in [5.74, 6) is -0.296. The number of carbonyl (C=O) groups is 2. The van der Waals surface area contributed by atoms with Gasteiger partial charge in [-0.1, -0.05) is 12.8 Å². The van der Waals surface area contributed by atoms with Crippen LogP contribution in [0.3, 0.4) is 0 Å². The van der Waals surface area contributed by atoms with Gasteiger partial charge in [0.25, 0.3) is 5.91 Å². The normalized spacial score (nSPS) is 18.9. The Morgan fingerprint density at radius 2 is 1.91 bits per heavy atom. The van der Waals surface area contributed by atoms with Gasteiger partial charge in [-0.25, -0.2) is 5.01 Å². The van der Waals surface area contributed by atoms with Crippen LogP contribution in [0, 0.1) is 0 Å². The van der Waals surface area contributed by atoms with E-state index in [1.807, 2.05) is 23.9 Å². The predicted molar refractivity (Wildman–Crippen MR) is 92.6 cm³/mol. The van der Waals surface area contributed by atoms with Crippen molar-refractivity contribution in [3.63, 3.8) is 0 Å². The number of hydrogen-bond donors (Lipinski definition) is 1. The van der Waals surface area contributed by atoms with Gasteiger partial charge in [0.2, 0.25) is 5.91 Å². The van der Waals surface area contributed by atoms with Crippen LogP contribution in [0.1, 0.15) is 38.5 Å². The Morgan fingerprint density at radius 3 is 2.57 bits per heavy atom. The summed E-state index contributed by atoms with van der Waals surface area (Å²) in [6, 6.07) is 7.95. The quantitative estimate of drug-likeness (QED) is 0.921. The van der Waals surface area contributed by atoms with Crippen LogP contribution in [0.15, 0.2) is 34.3 Å². The first-order valence-corrected chi connectivity index (χ1v) is 8.92. The molecule has 0 saturated heterocycles. The number of nitrogens with zero attached hydrogens (tertiary/aromatic N) is 2. The van der Waals surface area contributed by atoms with Crippen molar-refractivity contribution in [1.82, 2.24) is 5.01 Å². The van der Waals surface area contributed by atoms with Crippen LogP contribution in [-0.2, 0) is 9.59 Å². The number of hydrazone groups is 1. The van der Waals surface area contributed by atoms with E-state index >= 15 is 0 Å². The smallest absolute Gasteiger partial charge is 0.271 e. The summed E-state index contributed by atoms with van der Waals surface area (Å²) in [5, 5.41) is 8.85. The second-order valence-electron chi connectivity index (χ2n) is 5.97. The summed E-state index contributed by atoms with van der Waals surface area (Å²) in [4.78, 5) is 24.8. The number of anilines is 1. The average Bonchev–Trinajstić information content (AvgIpc) is 3.05. The first kappa shape index (κ1) is 16.1. The summed E-state index contributed by atoms with van der Waals surface area (Å²) in [6.07, 6.45) is 6.00. The van der Waals surface area contributed by atoms with Crippen molar-refractivity contribution >= 4 is 35.0 Å². The molecule has 5 nitrogen and oxygen atoms in total. The highest BCUT2D eigenvalue weighted by Gasteiger charge is 2.22. The number of rotatable bonds is 4. The SMILES string of the molecule is CN1N=C(C(=O)Nc2ccc(SC3CCCC3)cc2)CCC1=O. The van der Waals surface area contributed by atoms with Gasteiger partial charge in [-0.2, -0.15) is 5.10 Å². The van der Waals surface area contributed by atoms with Crippen LogP contribution in [0.5, 0.6) is 0 Å². The molecule has 1 heterocycles. The molecule has 1 saturated carbocycles. The number of nitrogens with one attached hydrogen (secondary N) is 1. The molecule has 1 N–H and O–H groups in total. The molecule has 0 bridgehead atoms. The van der Waals surface area contributed by atoms with Crippen molar-refractivity contribution in [1.29, 1.82) is 0 Å². The molecule has 3 rings (SSSR count). The zero-order valence-corrected chi connectivity index (χ0v) is 14.1. The highest BCUT2D eigenvalue weighted by molar-refractivity contribution is 8.00. The molecule has 1 aromatic rings. The molecule has 1 aliphatic carbocycles. The molecule has 1 aliphatic heterocycles. The minimum atomic E-state index is -0.236. The van der Waals surface area contributed by atoms with Gasteiger partial charge in [0.1, 0.15) is 5.71 Å². The van der Waals surface area contributed by atoms with Crippen molar-refractivity contribution in [3.05, 3.63) is 24.3 Å². The first-order valence-electron chi connectivity index (χ1n) is 8.04. The molecule has 122 valence electrons. The monoisotopic (exact) mass is 331 g/mol. The Labute approximate surface area is 140 Å². The molecule has 23 heavy (non-hydrogen) atoms. The van der Waals surface area contributed by atoms with E-state index in [4.69, 9.17) is 0 Å². The molecule has 0 radical (unpaired) electrons. The number of carbonyl (C=O) groups excluding carboxylic acids is 2. The Hall–Kier alpha value is -1.82. The van der Waals surface area contributed by atoms with E-state index in [-0.39, 0.29) is 11.8 Å². The summed E-state index contributed by atoms with van der Waals surface area (Å²) < 4.78 is 0. The van der Waals surface area contributed by atoms with Crippen molar-refractivity contribution in [2.75, 3.05) is 12.4 Å². The van der Waals surface area contributed by atoms with Gasteiger partial charge >= 0.3 is 0 Å². The zero-order chi connectivity index (χ0) is 16.2. The summed E-state index contributed by atoms with van der Waals surface area (Å²) in [7, 11) is 1.57. The third kappa shape index (κ3) is 4.13. The number of hydrogen-bond acceptors (Lipinski definition) is 4. The standard InChI is InChI=1S/C17H21N3O2S/c1-20-16(21)11-10-15(19-20)17(22)18-12-6-8-14(9-7-12)23-13-4-2-3-5-13/h6-9,13H,2-5,10-11H2,1H3,(H,18,22). The second kappa shape index (κ2) is 7.17. The zero-order valence-electron chi connectivity index (χ0n) is 13.2. The fraction of sp³-hybridized carbons (Fsp3) is 0.471. The molecule has 2 amide bonds. The maximum Gasteiger partial charge on any atom is 0.271 e. The number of thioether (sulfide) groups is 1. The van der Waals surface area contributed by atoms with E-state index < -0.39 is 0 Å². The molecule has 1 aromatic carbocycles. The minimum Gasteiger partial charge on any atom is -0.321 e. The number of benzene rings is 1. The van der Waals surface area contributed by atoms with E-state index in [9.17, 15) is 9.59 Å². The minimum absolute atomic E-state index is 0.0603. The Bertz CT molecular complexity index is 621. The lowest BCUT2D eigenvalue weighted by Crippen LogP contribution is -2.34. The molecule has 6 heteroatoms. The molecule has 0 unspecified atom stereocenters. The van der Waals surface area contributed by atoms with Gasteiger partial charge in [-0.15, -0.1) is 11.8 Å². The number of amides is 2. The van der Waals surface area contributed by atoms with Crippen LogP contribution in [0.25, 0.3) is 0 Å². The Kier molecular flexibility index (Phi) is 5.00. The van der Waals surface area contributed by atoms with E-state index in [0.717, 1.165) is 10.9 Å². The van der Waals surface area contributed by atoms with E-state index in [1.54, 1.807) is 7.05 Å². The van der Waals surface area contributed by atoms with Crippen LogP contribution < -0.4 is 5.32 Å². The summed E-state index contributed by atoms with van der Waals surface area (Å²) in [6.45, 7) is 0. The van der Waals surface area contributed by atoms with Crippen molar-refractivity contribution in [2.45, 2.75) is 48.7 Å². The largest absolute Gasteiger partial charge is 0.321 e. The van der Waals surface area contributed by atoms with Crippen molar-refractivity contribution in [3.8, 4) is 0 Å². The second-order valence-corrected chi connectivity index (χ2v) is 7.34. The van der Waals surface area contributed by atoms with Gasteiger partial charge in [0, 0.05) is 35.7 Å². The summed E-state index contributed by atoms with van der Waals surface area (Å²) in [5.41, 5.74) is 1.16. The van der Waals surface area contributed by atoms with Crippen LogP contribution in [0.4, 0.5) is 5.69 Å². The highest BCUT2D eigenvalue weighted by Crippen LogP contribution is 2.34. The maximum absolute atomic E-state index is 12.2. The Morgan fingerprint density at radius 1 is 1.22 bits per heavy atom. The predicted octanol–water partition coefficient (Wildman–Crippen LogP) is 3.27. The van der Waals surface area contributed by atoms with Gasteiger partial charge < -0.3 is 5.32 Å². The lowest BCUT2D eigenvalue weighted by molar-refractivity contribution is -0.130. The first-order chi connectivity index (χ1) is 11.1. The van der Waals surface area contributed by atoms with Crippen LogP contribution in [-0.4, -0.2) is 34.8 Å². The van der Waals surface area contributed by atoms with Crippen LogP contribution >= 0.6 is 11.8 Å². The van der Waals surface area contributed by atoms with Crippen molar-refractivity contribution in [2.24, 2.45) is 5.10 Å². The fourth-order valence-electron chi connectivity index (χ4n) is 2.85. The van der Waals surface area contributed by atoms with Crippen molar-refractivity contribution < 1.29 is 9.59 Å². The lowest BCUT2D eigenvalue weighted by atomic mass is 10.1. The Balaban J connectivity index is 1.58. The van der Waals surface area contributed by atoms with Gasteiger partial charge in [-0.05, 0) is 37.1 Å². The highest BCUT2D eigenvalue weighted by atomic mass is 32.2. The van der Waals surface area contributed by atoms with E-state index in [0.29, 0.717) is 18.6 Å². The topological polar surface area (TPSA) is 61.8 Å². The van der Waals surface area contributed by atoms with Gasteiger partial charge in [0.05, 0.1) is 0 Å². The third-order valence-corrected chi connectivity index (χ3v) is 5.54. The van der Waals surface area contributed by atoms with E-state index in [2.05, 4.69) is 22.6 Å². The molecule has 0 aromatic heterocycles. The molecular weight excluding hydrogens is 310 g/mol. The lowest BCUT2D eigenvalue weighted by Gasteiger charge is -2.19. The molecule has 2 aliphatic rings. The molecule has 0 atom stereocenters. The third-order valence-electron chi connectivity index (χ3n) is 4.19. The van der Waals surface area contributed by atoms with Crippen LogP contribution in [0.2, 0.25) is 0 Å².